The molecule has 0 spiro atoms. The summed E-state index contributed by atoms with van der Waals surface area (Å²) in [6.45, 7) is 6.65. The number of carbonyl (C=O) groups excluding carboxylic acids is 1. The number of aromatic nitrogens is 2. The Hall–Kier alpha value is -1.69. The largest absolute Gasteiger partial charge is 0.352 e. The van der Waals surface area contributed by atoms with Crippen molar-refractivity contribution in [3.05, 3.63) is 46.0 Å². The van der Waals surface area contributed by atoms with Crippen molar-refractivity contribution in [2.24, 2.45) is 0 Å². The highest BCUT2D eigenvalue weighted by molar-refractivity contribution is 9.10. The summed E-state index contributed by atoms with van der Waals surface area (Å²) in [5.74, 6) is 1.32. The predicted molar refractivity (Wildman–Crippen MR) is 91.9 cm³/mol. The smallest absolute Gasteiger partial charge is 0.226 e. The molecule has 1 amide bonds. The summed E-state index contributed by atoms with van der Waals surface area (Å²) in [5.41, 5.74) is 0.947. The van der Waals surface area contributed by atoms with E-state index in [0.717, 1.165) is 10.0 Å². The van der Waals surface area contributed by atoms with E-state index in [1.165, 1.54) is 0 Å². The molecule has 1 heterocycles. The Balaban J connectivity index is 1.71. The summed E-state index contributed by atoms with van der Waals surface area (Å²) in [6.07, 6.45) is 1.75. The fourth-order valence-electron chi connectivity index (χ4n) is 2.00. The molecule has 124 valence electrons. The van der Waals surface area contributed by atoms with Crippen LogP contribution in [0.15, 0.2) is 33.3 Å². The van der Waals surface area contributed by atoms with Crippen molar-refractivity contribution >= 4 is 21.8 Å². The number of aryl methyl sites for hydroxylation is 1. The Bertz CT molecular complexity index is 662. The van der Waals surface area contributed by atoms with Crippen LogP contribution in [-0.4, -0.2) is 16.0 Å². The molecular formula is C17H22BrN3O2. The van der Waals surface area contributed by atoms with Crippen LogP contribution in [0.25, 0.3) is 0 Å². The number of hydrogen-bond acceptors (Lipinski definition) is 4. The van der Waals surface area contributed by atoms with Crippen molar-refractivity contribution in [3.63, 3.8) is 0 Å². The van der Waals surface area contributed by atoms with Gasteiger partial charge in [-0.25, -0.2) is 0 Å². The van der Waals surface area contributed by atoms with Gasteiger partial charge in [0.25, 0.3) is 0 Å². The van der Waals surface area contributed by atoms with Crippen molar-refractivity contribution in [1.29, 1.82) is 0 Å². The first kappa shape index (κ1) is 17.7. The molecule has 0 saturated carbocycles. The molecule has 2 aromatic rings. The lowest BCUT2D eigenvalue weighted by Gasteiger charge is -2.10. The van der Waals surface area contributed by atoms with Gasteiger partial charge in [0.1, 0.15) is 0 Å². The monoisotopic (exact) mass is 379 g/mol. The van der Waals surface area contributed by atoms with Crippen LogP contribution in [-0.2, 0) is 23.2 Å². The number of rotatable bonds is 6. The predicted octanol–water partition coefficient (Wildman–Crippen LogP) is 3.77. The average Bonchev–Trinajstić information content (AvgIpc) is 2.94. The summed E-state index contributed by atoms with van der Waals surface area (Å²) in [5, 5.41) is 6.89. The van der Waals surface area contributed by atoms with Crippen LogP contribution in [0.4, 0.5) is 0 Å². The van der Waals surface area contributed by atoms with Crippen molar-refractivity contribution in [2.75, 3.05) is 0 Å². The molecule has 1 N–H and O–H groups in total. The molecule has 2 rings (SSSR count). The zero-order valence-corrected chi connectivity index (χ0v) is 15.3. The SMILES string of the molecule is CC(C)(C)c1noc(CCCC(=O)NCc2cccc(Br)c2)n1. The number of benzene rings is 1. The van der Waals surface area contributed by atoms with Crippen LogP contribution in [0, 0.1) is 0 Å². The van der Waals surface area contributed by atoms with Crippen molar-refractivity contribution in [1.82, 2.24) is 15.5 Å². The molecule has 0 atom stereocenters. The standard InChI is InChI=1S/C17H22BrN3O2/c1-17(2,3)16-20-15(23-21-16)9-5-8-14(22)19-11-12-6-4-7-13(18)10-12/h4,6-7,10H,5,8-9,11H2,1-3H3,(H,19,22). The second-order valence-electron chi connectivity index (χ2n) is 6.52. The van der Waals surface area contributed by atoms with E-state index >= 15 is 0 Å². The second-order valence-corrected chi connectivity index (χ2v) is 7.44. The molecule has 5 nitrogen and oxygen atoms in total. The number of amides is 1. The van der Waals surface area contributed by atoms with Gasteiger partial charge >= 0.3 is 0 Å². The van der Waals surface area contributed by atoms with Gasteiger partial charge in [0.15, 0.2) is 5.82 Å². The maximum atomic E-state index is 11.9. The minimum absolute atomic E-state index is 0.0283. The Morgan fingerprint density at radius 2 is 2.13 bits per heavy atom. The Morgan fingerprint density at radius 3 is 2.78 bits per heavy atom. The Labute approximate surface area is 145 Å². The van der Waals surface area contributed by atoms with E-state index in [4.69, 9.17) is 4.52 Å². The van der Waals surface area contributed by atoms with Crippen LogP contribution in [0.5, 0.6) is 0 Å². The summed E-state index contributed by atoms with van der Waals surface area (Å²) >= 11 is 3.42. The lowest BCUT2D eigenvalue weighted by molar-refractivity contribution is -0.121. The topological polar surface area (TPSA) is 68.0 Å². The van der Waals surface area contributed by atoms with E-state index in [9.17, 15) is 4.79 Å². The summed E-state index contributed by atoms with van der Waals surface area (Å²) in [7, 11) is 0. The minimum Gasteiger partial charge on any atom is -0.352 e. The molecule has 0 unspecified atom stereocenters. The molecule has 23 heavy (non-hydrogen) atoms. The molecule has 1 aromatic carbocycles. The summed E-state index contributed by atoms with van der Waals surface area (Å²) < 4.78 is 6.23. The first-order valence-corrected chi connectivity index (χ1v) is 8.48. The molecule has 0 radical (unpaired) electrons. The van der Waals surface area contributed by atoms with Gasteiger partial charge < -0.3 is 9.84 Å². The van der Waals surface area contributed by atoms with E-state index < -0.39 is 0 Å². The number of halogens is 1. The lowest BCUT2D eigenvalue weighted by atomic mass is 9.96. The van der Waals surface area contributed by atoms with Crippen molar-refractivity contribution < 1.29 is 9.32 Å². The third-order valence-corrected chi connectivity index (χ3v) is 3.81. The zero-order valence-electron chi connectivity index (χ0n) is 13.7. The van der Waals surface area contributed by atoms with Crippen LogP contribution in [0.2, 0.25) is 0 Å². The van der Waals surface area contributed by atoms with E-state index in [0.29, 0.717) is 37.5 Å². The van der Waals surface area contributed by atoms with Crippen molar-refractivity contribution in [3.8, 4) is 0 Å². The Morgan fingerprint density at radius 1 is 1.35 bits per heavy atom. The molecule has 0 aliphatic rings. The molecular weight excluding hydrogens is 358 g/mol. The second kappa shape index (κ2) is 7.73. The van der Waals surface area contributed by atoms with E-state index in [-0.39, 0.29) is 11.3 Å². The normalized spacial score (nSPS) is 11.5. The van der Waals surface area contributed by atoms with Gasteiger partial charge in [0, 0.05) is 29.3 Å². The third kappa shape index (κ3) is 5.78. The highest BCUT2D eigenvalue weighted by Gasteiger charge is 2.20. The van der Waals surface area contributed by atoms with Gasteiger partial charge in [-0.15, -0.1) is 0 Å². The number of nitrogens with zero attached hydrogens (tertiary/aromatic N) is 2. The third-order valence-electron chi connectivity index (χ3n) is 3.31. The maximum Gasteiger partial charge on any atom is 0.226 e. The lowest BCUT2D eigenvalue weighted by Crippen LogP contribution is -2.22. The highest BCUT2D eigenvalue weighted by Crippen LogP contribution is 2.19. The van der Waals surface area contributed by atoms with Gasteiger partial charge in [0.2, 0.25) is 11.8 Å². The Kier molecular flexibility index (Phi) is 5.93. The van der Waals surface area contributed by atoms with Crippen LogP contribution in [0.1, 0.15) is 50.9 Å². The fourth-order valence-corrected chi connectivity index (χ4v) is 2.44. The van der Waals surface area contributed by atoms with E-state index in [1.54, 1.807) is 0 Å². The van der Waals surface area contributed by atoms with E-state index in [1.807, 2.05) is 45.0 Å². The molecule has 0 fully saturated rings. The highest BCUT2D eigenvalue weighted by atomic mass is 79.9. The van der Waals surface area contributed by atoms with Crippen LogP contribution >= 0.6 is 15.9 Å². The minimum atomic E-state index is -0.122. The first-order valence-electron chi connectivity index (χ1n) is 7.69. The molecule has 0 aliphatic carbocycles. The number of carbonyl (C=O) groups is 1. The van der Waals surface area contributed by atoms with Crippen LogP contribution < -0.4 is 5.32 Å². The van der Waals surface area contributed by atoms with Gasteiger partial charge in [-0.1, -0.05) is 54.0 Å². The molecule has 6 heteroatoms. The van der Waals surface area contributed by atoms with Gasteiger partial charge in [-0.2, -0.15) is 4.98 Å². The van der Waals surface area contributed by atoms with Crippen molar-refractivity contribution in [2.45, 2.75) is 52.0 Å². The van der Waals surface area contributed by atoms with Gasteiger partial charge in [0.05, 0.1) is 0 Å². The molecule has 1 aromatic heterocycles. The van der Waals surface area contributed by atoms with Gasteiger partial charge in [-0.05, 0) is 24.1 Å². The average molecular weight is 380 g/mol. The quantitative estimate of drug-likeness (QED) is 0.829. The number of nitrogens with one attached hydrogen (secondary N) is 1. The first-order chi connectivity index (χ1) is 10.8. The molecule has 0 saturated heterocycles. The summed E-state index contributed by atoms with van der Waals surface area (Å²) in [4.78, 5) is 16.2. The van der Waals surface area contributed by atoms with Gasteiger partial charge in [-0.3, -0.25) is 4.79 Å². The van der Waals surface area contributed by atoms with E-state index in [2.05, 4.69) is 31.4 Å². The zero-order chi connectivity index (χ0) is 16.9. The molecule has 0 bridgehead atoms. The maximum absolute atomic E-state index is 11.9. The summed E-state index contributed by atoms with van der Waals surface area (Å²) in [6, 6.07) is 7.89. The number of hydrogen-bond donors (Lipinski definition) is 1. The van der Waals surface area contributed by atoms with Crippen LogP contribution in [0.3, 0.4) is 0 Å². The fraction of sp³-hybridized carbons (Fsp3) is 0.471. The molecule has 0 aliphatic heterocycles.